The highest BCUT2D eigenvalue weighted by Crippen LogP contribution is 2.40. The van der Waals surface area contributed by atoms with Gasteiger partial charge in [-0.3, -0.25) is 9.35 Å². The summed E-state index contributed by atoms with van der Waals surface area (Å²) in [6.07, 6.45) is -3.24. The molecule has 0 bridgehead atoms. The molecule has 0 amide bonds. The number of alkyl halides is 4. The molecule has 0 spiro atoms. The lowest BCUT2D eigenvalue weighted by molar-refractivity contribution is -0.178. The van der Waals surface area contributed by atoms with Crippen LogP contribution in [0.15, 0.2) is 0 Å². The van der Waals surface area contributed by atoms with E-state index in [0.29, 0.717) is 0 Å². The van der Waals surface area contributed by atoms with Crippen LogP contribution in [-0.4, -0.2) is 48.8 Å². The third kappa shape index (κ3) is 3.81. The summed E-state index contributed by atoms with van der Waals surface area (Å²) in [7, 11) is -6.33. The lowest BCUT2D eigenvalue weighted by Gasteiger charge is -2.23. The fraction of sp³-hybridized carbons (Fsp3) is 0.778. The van der Waals surface area contributed by atoms with Gasteiger partial charge >= 0.3 is 33.2 Å². The van der Waals surface area contributed by atoms with Gasteiger partial charge in [-0.05, 0) is 0 Å². The first kappa shape index (κ1) is 17.6. The fourth-order valence-electron chi connectivity index (χ4n) is 1.40. The van der Waals surface area contributed by atoms with Crippen molar-refractivity contribution < 1.29 is 49.6 Å². The van der Waals surface area contributed by atoms with Gasteiger partial charge in [0, 0.05) is 12.8 Å². The molecule has 1 heterocycles. The minimum Gasteiger partial charge on any atom is -0.463 e. The van der Waals surface area contributed by atoms with Crippen LogP contribution >= 0.6 is 0 Å². The molecule has 1 N–H and O–H groups in total. The number of esters is 2. The van der Waals surface area contributed by atoms with E-state index in [0.717, 1.165) is 0 Å². The van der Waals surface area contributed by atoms with Crippen molar-refractivity contribution in [3.8, 4) is 0 Å². The second kappa shape index (κ2) is 5.75. The maximum Gasteiger partial charge on any atom is 0.431 e. The van der Waals surface area contributed by atoms with E-state index in [9.17, 15) is 35.6 Å². The summed E-state index contributed by atoms with van der Waals surface area (Å²) in [6, 6.07) is 0. The average Bonchev–Trinajstić information content (AvgIpc) is 2.73. The van der Waals surface area contributed by atoms with Gasteiger partial charge in [0.15, 0.2) is 6.10 Å². The third-order valence-corrected chi connectivity index (χ3v) is 3.50. The number of carbonyl (C=O) groups is 2. The molecule has 0 aromatic carbocycles. The number of hydrogen-bond acceptors (Lipinski definition) is 6. The van der Waals surface area contributed by atoms with Crippen LogP contribution in [0.2, 0.25) is 0 Å². The third-order valence-electron chi connectivity index (χ3n) is 2.56. The summed E-state index contributed by atoms with van der Waals surface area (Å²) in [5.41, 5.74) is 0. The zero-order valence-corrected chi connectivity index (χ0v) is 11.0. The van der Waals surface area contributed by atoms with Crippen molar-refractivity contribution in [2.24, 2.45) is 0 Å². The summed E-state index contributed by atoms with van der Waals surface area (Å²) in [6.45, 7) is -1.25. The van der Waals surface area contributed by atoms with Crippen molar-refractivity contribution in [1.29, 1.82) is 0 Å². The Kier molecular flexibility index (Phi) is 4.83. The lowest BCUT2D eigenvalue weighted by Crippen LogP contribution is -2.47. The second-order valence-electron chi connectivity index (χ2n) is 4.13. The Morgan fingerprint density at radius 2 is 1.95 bits per heavy atom. The number of rotatable bonds is 6. The van der Waals surface area contributed by atoms with Crippen molar-refractivity contribution in [2.45, 2.75) is 36.5 Å². The lowest BCUT2D eigenvalue weighted by atomic mass is 10.2. The average molecular weight is 338 g/mol. The molecular formula is C9H10F4O7S. The Labute approximate surface area is 115 Å². The Hall–Kier alpha value is -1.43. The highest BCUT2D eigenvalue weighted by molar-refractivity contribution is 7.87. The molecule has 0 radical (unpaired) electrons. The Bertz CT molecular complexity index is 530. The van der Waals surface area contributed by atoms with E-state index in [4.69, 9.17) is 4.55 Å². The Balaban J connectivity index is 2.55. The topological polar surface area (TPSA) is 107 Å². The van der Waals surface area contributed by atoms with Gasteiger partial charge < -0.3 is 9.47 Å². The normalized spacial score (nSPS) is 20.2. The van der Waals surface area contributed by atoms with E-state index in [1.165, 1.54) is 0 Å². The first-order valence-corrected chi connectivity index (χ1v) is 6.91. The van der Waals surface area contributed by atoms with Gasteiger partial charge in [0.25, 0.3) is 0 Å². The summed E-state index contributed by atoms with van der Waals surface area (Å²) in [5, 5.41) is -5.72. The van der Waals surface area contributed by atoms with Crippen LogP contribution in [0.4, 0.5) is 17.6 Å². The molecule has 1 saturated heterocycles. The van der Waals surface area contributed by atoms with Crippen LogP contribution < -0.4 is 0 Å². The quantitative estimate of drug-likeness (QED) is 0.432. The maximum atomic E-state index is 13.0. The summed E-state index contributed by atoms with van der Waals surface area (Å²) < 4.78 is 88.7. The Morgan fingerprint density at radius 1 is 1.38 bits per heavy atom. The monoisotopic (exact) mass is 338 g/mol. The van der Waals surface area contributed by atoms with Crippen LogP contribution in [-0.2, 0) is 29.2 Å². The number of hydrogen-bond donors (Lipinski definition) is 1. The first-order valence-electron chi connectivity index (χ1n) is 5.47. The van der Waals surface area contributed by atoms with Crippen molar-refractivity contribution in [1.82, 2.24) is 0 Å². The van der Waals surface area contributed by atoms with Gasteiger partial charge in [0.05, 0.1) is 13.0 Å². The molecule has 21 heavy (non-hydrogen) atoms. The van der Waals surface area contributed by atoms with E-state index in [2.05, 4.69) is 9.47 Å². The molecule has 0 aromatic heterocycles. The highest BCUT2D eigenvalue weighted by atomic mass is 32.2. The van der Waals surface area contributed by atoms with E-state index in [1.807, 2.05) is 0 Å². The van der Waals surface area contributed by atoms with E-state index in [1.54, 1.807) is 0 Å². The molecule has 1 aliphatic rings. The predicted octanol–water partition coefficient (Wildman–Crippen LogP) is 0.741. The number of ether oxygens (including phenoxy) is 2. The molecule has 1 aliphatic heterocycles. The smallest absolute Gasteiger partial charge is 0.431 e. The molecule has 0 saturated carbocycles. The van der Waals surface area contributed by atoms with Crippen LogP contribution in [0.25, 0.3) is 0 Å². The van der Waals surface area contributed by atoms with Gasteiger partial charge in [-0.25, -0.2) is 4.79 Å². The molecule has 0 aromatic rings. The molecule has 12 heteroatoms. The molecule has 0 aliphatic carbocycles. The van der Waals surface area contributed by atoms with E-state index < -0.39 is 52.4 Å². The molecule has 1 fully saturated rings. The molecule has 7 nitrogen and oxygen atoms in total. The van der Waals surface area contributed by atoms with Crippen LogP contribution in [0, 0.1) is 0 Å². The van der Waals surface area contributed by atoms with Crippen LogP contribution in [0.5, 0.6) is 0 Å². The van der Waals surface area contributed by atoms with E-state index in [-0.39, 0.29) is 12.8 Å². The van der Waals surface area contributed by atoms with Crippen LogP contribution in [0.3, 0.4) is 0 Å². The predicted molar refractivity (Wildman–Crippen MR) is 56.1 cm³/mol. The van der Waals surface area contributed by atoms with Crippen LogP contribution in [0.1, 0.15) is 19.3 Å². The van der Waals surface area contributed by atoms with Gasteiger partial charge in [0.1, 0.15) is 0 Å². The van der Waals surface area contributed by atoms with Gasteiger partial charge in [-0.2, -0.15) is 26.0 Å². The number of halogens is 4. The standard InChI is InChI=1S/C9H10F4O7S/c10-8(11,9(12,13)21(16,17)18)3-4-19-7(15)5-1-2-6(14)20-5/h5H,1-4H2,(H,16,17,18). The molecule has 122 valence electrons. The fourth-order valence-corrected chi connectivity index (χ4v) is 1.88. The second-order valence-corrected chi connectivity index (χ2v) is 5.59. The molecule has 1 rings (SSSR count). The summed E-state index contributed by atoms with van der Waals surface area (Å²) >= 11 is 0. The van der Waals surface area contributed by atoms with Gasteiger partial charge in [-0.1, -0.05) is 0 Å². The minimum absolute atomic E-state index is 0.0325. The molecular weight excluding hydrogens is 328 g/mol. The van der Waals surface area contributed by atoms with Gasteiger partial charge in [-0.15, -0.1) is 0 Å². The number of carbonyl (C=O) groups excluding carboxylic acids is 2. The zero-order chi connectivity index (χ0) is 16.5. The molecule has 1 atom stereocenters. The number of cyclic esters (lactones) is 1. The SMILES string of the molecule is O=C1CCC(C(=O)OCCC(F)(F)C(F)(F)S(=O)(=O)O)O1. The largest absolute Gasteiger partial charge is 0.463 e. The van der Waals surface area contributed by atoms with Gasteiger partial charge in [0.2, 0.25) is 0 Å². The van der Waals surface area contributed by atoms with Crippen molar-refractivity contribution in [3.05, 3.63) is 0 Å². The highest BCUT2D eigenvalue weighted by Gasteiger charge is 2.65. The van der Waals surface area contributed by atoms with E-state index >= 15 is 0 Å². The Morgan fingerprint density at radius 3 is 2.38 bits per heavy atom. The first-order chi connectivity index (χ1) is 9.38. The summed E-state index contributed by atoms with van der Waals surface area (Å²) in [5.74, 6) is -7.04. The van der Waals surface area contributed by atoms with Crippen molar-refractivity contribution >= 4 is 22.1 Å². The molecule has 1 unspecified atom stereocenters. The summed E-state index contributed by atoms with van der Waals surface area (Å²) in [4.78, 5) is 21.9. The minimum atomic E-state index is -6.33. The zero-order valence-electron chi connectivity index (χ0n) is 10.2. The van der Waals surface area contributed by atoms with Crippen molar-refractivity contribution in [3.63, 3.8) is 0 Å². The maximum absolute atomic E-state index is 13.0. The van der Waals surface area contributed by atoms with Crippen molar-refractivity contribution in [2.75, 3.05) is 6.61 Å².